The highest BCUT2D eigenvalue weighted by atomic mass is 19.1. The molecule has 0 fully saturated rings. The van der Waals surface area contributed by atoms with E-state index in [4.69, 9.17) is 9.47 Å². The van der Waals surface area contributed by atoms with Crippen molar-refractivity contribution in [2.45, 2.75) is 6.92 Å². The molecule has 0 radical (unpaired) electrons. The standard InChI is InChI=1S/C26H19FN4O4/c1-16-6-5-13-31-23(16)30-25(35-19-11-9-18(27)10-12-19)20(26(31)33)14-17(15-28)24(32)29-21-7-3-4-8-22(21)34-2/h3-14H,1-2H3,(H,29,32)/b17-14-. The monoisotopic (exact) mass is 470 g/mol. The molecule has 0 spiro atoms. The quantitative estimate of drug-likeness (QED) is 0.329. The van der Waals surface area contributed by atoms with Gasteiger partial charge in [0.25, 0.3) is 11.5 Å². The molecule has 0 saturated carbocycles. The number of para-hydroxylation sites is 2. The number of benzene rings is 2. The molecule has 1 amide bonds. The number of halogens is 1. The molecule has 2 heterocycles. The van der Waals surface area contributed by atoms with Crippen molar-refractivity contribution in [2.24, 2.45) is 0 Å². The number of pyridine rings is 1. The van der Waals surface area contributed by atoms with E-state index >= 15 is 0 Å². The van der Waals surface area contributed by atoms with E-state index in [1.165, 1.54) is 42.0 Å². The first-order chi connectivity index (χ1) is 16.9. The van der Waals surface area contributed by atoms with Crippen LogP contribution in [0.2, 0.25) is 0 Å². The number of amides is 1. The van der Waals surface area contributed by atoms with Crippen LogP contribution in [0.15, 0.2) is 77.2 Å². The lowest BCUT2D eigenvalue weighted by Crippen LogP contribution is -2.20. The third-order valence-electron chi connectivity index (χ3n) is 5.09. The zero-order valence-electron chi connectivity index (χ0n) is 18.8. The molecule has 9 heteroatoms. The summed E-state index contributed by atoms with van der Waals surface area (Å²) < 4.78 is 25.7. The zero-order valence-corrected chi connectivity index (χ0v) is 18.8. The second kappa shape index (κ2) is 9.89. The van der Waals surface area contributed by atoms with Crippen LogP contribution in [0.4, 0.5) is 10.1 Å². The first kappa shape index (κ1) is 23.2. The van der Waals surface area contributed by atoms with Crippen LogP contribution >= 0.6 is 0 Å². The van der Waals surface area contributed by atoms with Crippen LogP contribution in [0.3, 0.4) is 0 Å². The number of ether oxygens (including phenoxy) is 2. The molecule has 4 aromatic rings. The van der Waals surface area contributed by atoms with Gasteiger partial charge < -0.3 is 14.8 Å². The molecule has 0 aliphatic carbocycles. The SMILES string of the molecule is COc1ccccc1NC(=O)/C(C#N)=C\c1c(Oc2ccc(F)cc2)nc2c(C)cccn2c1=O. The van der Waals surface area contributed by atoms with Crippen molar-refractivity contribution in [1.29, 1.82) is 5.26 Å². The number of carbonyl (C=O) groups is 1. The molecule has 2 aromatic heterocycles. The molecule has 1 N–H and O–H groups in total. The van der Waals surface area contributed by atoms with Gasteiger partial charge >= 0.3 is 0 Å². The van der Waals surface area contributed by atoms with E-state index in [0.717, 1.165) is 6.08 Å². The number of carbonyl (C=O) groups excluding carboxylic acids is 1. The Morgan fingerprint density at radius 3 is 2.60 bits per heavy atom. The minimum Gasteiger partial charge on any atom is -0.495 e. The first-order valence-corrected chi connectivity index (χ1v) is 10.4. The highest BCUT2D eigenvalue weighted by Crippen LogP contribution is 2.26. The van der Waals surface area contributed by atoms with Gasteiger partial charge in [-0.2, -0.15) is 10.2 Å². The van der Waals surface area contributed by atoms with Gasteiger partial charge in [0.2, 0.25) is 5.88 Å². The molecule has 0 atom stereocenters. The average Bonchev–Trinajstić information content (AvgIpc) is 2.86. The van der Waals surface area contributed by atoms with Crippen molar-refractivity contribution in [3.63, 3.8) is 0 Å². The predicted molar refractivity (Wildman–Crippen MR) is 128 cm³/mol. The Labute approximate surface area is 199 Å². The van der Waals surface area contributed by atoms with Gasteiger partial charge in [0.15, 0.2) is 0 Å². The van der Waals surface area contributed by atoms with Gasteiger partial charge in [0, 0.05) is 6.20 Å². The van der Waals surface area contributed by atoms with Crippen molar-refractivity contribution < 1.29 is 18.7 Å². The number of methoxy groups -OCH3 is 1. The minimum atomic E-state index is -0.751. The third kappa shape index (κ3) is 4.86. The van der Waals surface area contributed by atoms with Gasteiger partial charge in [-0.05, 0) is 61.0 Å². The van der Waals surface area contributed by atoms with Gasteiger partial charge in [0.1, 0.15) is 40.2 Å². The summed E-state index contributed by atoms with van der Waals surface area (Å²) in [5, 5.41) is 12.3. The maximum atomic E-state index is 13.4. The maximum absolute atomic E-state index is 13.4. The topological polar surface area (TPSA) is 106 Å². The van der Waals surface area contributed by atoms with Crippen LogP contribution in [-0.4, -0.2) is 22.4 Å². The maximum Gasteiger partial charge on any atom is 0.269 e. The molecule has 0 aliphatic rings. The van der Waals surface area contributed by atoms with Gasteiger partial charge in [-0.1, -0.05) is 18.2 Å². The van der Waals surface area contributed by atoms with E-state index in [9.17, 15) is 19.2 Å². The average molecular weight is 470 g/mol. The first-order valence-electron chi connectivity index (χ1n) is 10.4. The fourth-order valence-electron chi connectivity index (χ4n) is 3.34. The van der Waals surface area contributed by atoms with E-state index in [1.54, 1.807) is 43.3 Å². The Hall–Kier alpha value is -4.97. The van der Waals surface area contributed by atoms with Crippen LogP contribution in [0.25, 0.3) is 11.7 Å². The molecule has 0 saturated heterocycles. The summed E-state index contributed by atoms with van der Waals surface area (Å²) in [6.07, 6.45) is 2.64. The molecular weight excluding hydrogens is 451 g/mol. The molecule has 0 bridgehead atoms. The molecule has 174 valence electrons. The van der Waals surface area contributed by atoms with Gasteiger partial charge in [-0.25, -0.2) is 4.39 Å². The van der Waals surface area contributed by atoms with Crippen molar-refractivity contribution in [2.75, 3.05) is 12.4 Å². The lowest BCUT2D eigenvalue weighted by atomic mass is 10.1. The summed E-state index contributed by atoms with van der Waals surface area (Å²) in [6, 6.07) is 17.1. The van der Waals surface area contributed by atoms with Crippen LogP contribution in [-0.2, 0) is 4.79 Å². The van der Waals surface area contributed by atoms with Crippen molar-refractivity contribution in [3.05, 3.63) is 99.7 Å². The Bertz CT molecular complexity index is 1550. The summed E-state index contributed by atoms with van der Waals surface area (Å²) in [5.74, 6) is -0.712. The van der Waals surface area contributed by atoms with E-state index in [-0.39, 0.29) is 22.8 Å². The summed E-state index contributed by atoms with van der Waals surface area (Å²) in [4.78, 5) is 30.7. The Kier molecular flexibility index (Phi) is 6.55. The molecule has 4 rings (SSSR count). The largest absolute Gasteiger partial charge is 0.495 e. The predicted octanol–water partition coefficient (Wildman–Crippen LogP) is 4.49. The van der Waals surface area contributed by atoms with Crippen LogP contribution < -0.4 is 20.3 Å². The number of hydrogen-bond donors (Lipinski definition) is 1. The number of nitrogens with one attached hydrogen (secondary N) is 1. The van der Waals surface area contributed by atoms with Crippen molar-refractivity contribution >= 4 is 23.3 Å². The van der Waals surface area contributed by atoms with Crippen molar-refractivity contribution in [1.82, 2.24) is 9.38 Å². The molecule has 35 heavy (non-hydrogen) atoms. The lowest BCUT2D eigenvalue weighted by Gasteiger charge is -2.12. The number of fused-ring (bicyclic) bond motifs is 1. The number of hydrogen-bond acceptors (Lipinski definition) is 6. The van der Waals surface area contributed by atoms with E-state index in [0.29, 0.717) is 22.6 Å². The molecule has 2 aromatic carbocycles. The Balaban J connectivity index is 1.83. The fraction of sp³-hybridized carbons (Fsp3) is 0.0769. The summed E-state index contributed by atoms with van der Waals surface area (Å²) in [7, 11) is 1.45. The zero-order chi connectivity index (χ0) is 24.9. The van der Waals surface area contributed by atoms with Crippen molar-refractivity contribution in [3.8, 4) is 23.4 Å². The normalized spacial score (nSPS) is 11.1. The van der Waals surface area contributed by atoms with Gasteiger partial charge in [-0.15, -0.1) is 0 Å². The number of nitrogens with zero attached hydrogens (tertiary/aromatic N) is 3. The van der Waals surface area contributed by atoms with Crippen LogP contribution in [0.5, 0.6) is 17.4 Å². The van der Waals surface area contributed by atoms with E-state index in [2.05, 4.69) is 10.3 Å². The number of aryl methyl sites for hydroxylation is 1. The number of nitriles is 1. The number of aromatic nitrogens is 2. The summed E-state index contributed by atoms with van der Waals surface area (Å²) >= 11 is 0. The van der Waals surface area contributed by atoms with Gasteiger partial charge in [-0.3, -0.25) is 14.0 Å². The Morgan fingerprint density at radius 2 is 1.89 bits per heavy atom. The van der Waals surface area contributed by atoms with Gasteiger partial charge in [0.05, 0.1) is 12.8 Å². The lowest BCUT2D eigenvalue weighted by molar-refractivity contribution is -0.112. The summed E-state index contributed by atoms with van der Waals surface area (Å²) in [6.45, 7) is 1.78. The molecule has 0 unspecified atom stereocenters. The molecule has 8 nitrogen and oxygen atoms in total. The Morgan fingerprint density at radius 1 is 1.14 bits per heavy atom. The third-order valence-corrected chi connectivity index (χ3v) is 5.09. The highest BCUT2D eigenvalue weighted by molar-refractivity contribution is 6.10. The number of rotatable bonds is 6. The second-order valence-electron chi connectivity index (χ2n) is 7.40. The fourth-order valence-corrected chi connectivity index (χ4v) is 3.34. The number of anilines is 1. The molecular formula is C26H19FN4O4. The van der Waals surface area contributed by atoms with E-state index in [1.807, 2.05) is 6.07 Å². The highest BCUT2D eigenvalue weighted by Gasteiger charge is 2.19. The van der Waals surface area contributed by atoms with Crippen LogP contribution in [0.1, 0.15) is 11.1 Å². The minimum absolute atomic E-state index is 0.121. The van der Waals surface area contributed by atoms with Crippen LogP contribution in [0, 0.1) is 24.1 Å². The smallest absolute Gasteiger partial charge is 0.269 e. The molecule has 0 aliphatic heterocycles. The second-order valence-corrected chi connectivity index (χ2v) is 7.40. The van der Waals surface area contributed by atoms with E-state index < -0.39 is 17.3 Å². The summed E-state index contributed by atoms with van der Waals surface area (Å²) in [5.41, 5.74) is 0.374.